The van der Waals surface area contributed by atoms with Crippen LogP contribution >= 0.6 is 0 Å². The quantitative estimate of drug-likeness (QED) is 0.860. The topological polar surface area (TPSA) is 48.7 Å². The lowest BCUT2D eigenvalue weighted by Crippen LogP contribution is -2.25. The SMILES string of the molecule is Cc1ccnc(NC(C2CC2)C2CC2)c1C#N. The Balaban J connectivity index is 1.84. The maximum absolute atomic E-state index is 9.19. The highest BCUT2D eigenvalue weighted by molar-refractivity contribution is 5.56. The molecule has 0 spiro atoms. The minimum absolute atomic E-state index is 0.552. The second-order valence-corrected chi connectivity index (χ2v) is 5.31. The second kappa shape index (κ2) is 4.03. The third-order valence-electron chi connectivity index (χ3n) is 3.83. The first-order valence-corrected chi connectivity index (χ1v) is 6.42. The molecular weight excluding hydrogens is 210 g/mol. The molecule has 1 aromatic rings. The van der Waals surface area contributed by atoms with E-state index in [1.807, 2.05) is 13.0 Å². The summed E-state index contributed by atoms with van der Waals surface area (Å²) in [7, 11) is 0. The molecule has 2 aliphatic carbocycles. The number of nitrogens with one attached hydrogen (secondary N) is 1. The van der Waals surface area contributed by atoms with Crippen molar-refractivity contribution in [3.05, 3.63) is 23.4 Å². The Bertz CT molecular complexity index is 455. The number of aryl methyl sites for hydroxylation is 1. The van der Waals surface area contributed by atoms with Crippen molar-refractivity contribution in [2.24, 2.45) is 11.8 Å². The van der Waals surface area contributed by atoms with Gasteiger partial charge in [0.2, 0.25) is 0 Å². The molecule has 1 N–H and O–H groups in total. The fourth-order valence-electron chi connectivity index (χ4n) is 2.50. The number of rotatable bonds is 4. The Labute approximate surface area is 102 Å². The molecule has 2 fully saturated rings. The van der Waals surface area contributed by atoms with Gasteiger partial charge in [0.05, 0.1) is 5.56 Å². The van der Waals surface area contributed by atoms with Gasteiger partial charge in [-0.2, -0.15) is 5.26 Å². The van der Waals surface area contributed by atoms with Crippen molar-refractivity contribution in [3.8, 4) is 6.07 Å². The first-order chi connectivity index (χ1) is 8.29. The maximum atomic E-state index is 9.19. The van der Waals surface area contributed by atoms with Crippen molar-refractivity contribution in [1.82, 2.24) is 4.98 Å². The van der Waals surface area contributed by atoms with Crippen LogP contribution in [0.5, 0.6) is 0 Å². The summed E-state index contributed by atoms with van der Waals surface area (Å²) >= 11 is 0. The van der Waals surface area contributed by atoms with E-state index in [1.54, 1.807) is 6.20 Å². The molecule has 1 heterocycles. The van der Waals surface area contributed by atoms with Gasteiger partial charge in [-0.1, -0.05) is 0 Å². The highest BCUT2D eigenvalue weighted by Gasteiger charge is 2.41. The standard InChI is InChI=1S/C14H17N3/c1-9-6-7-16-14(12(9)8-15)17-13(10-2-3-10)11-4-5-11/h6-7,10-11,13H,2-5H2,1H3,(H,16,17). The van der Waals surface area contributed by atoms with E-state index >= 15 is 0 Å². The third kappa shape index (κ3) is 2.12. The lowest BCUT2D eigenvalue weighted by Gasteiger charge is -2.19. The molecular formula is C14H17N3. The van der Waals surface area contributed by atoms with Crippen LogP contribution in [0.25, 0.3) is 0 Å². The zero-order valence-corrected chi connectivity index (χ0v) is 10.1. The van der Waals surface area contributed by atoms with Gasteiger partial charge in [-0.25, -0.2) is 4.98 Å². The largest absolute Gasteiger partial charge is 0.366 e. The predicted molar refractivity (Wildman–Crippen MR) is 66.5 cm³/mol. The van der Waals surface area contributed by atoms with E-state index in [-0.39, 0.29) is 0 Å². The number of pyridine rings is 1. The molecule has 17 heavy (non-hydrogen) atoms. The highest BCUT2D eigenvalue weighted by atomic mass is 15.0. The molecule has 88 valence electrons. The summed E-state index contributed by atoms with van der Waals surface area (Å²) in [4.78, 5) is 4.34. The summed E-state index contributed by atoms with van der Waals surface area (Å²) in [6.45, 7) is 1.97. The average molecular weight is 227 g/mol. The van der Waals surface area contributed by atoms with Gasteiger partial charge in [0.1, 0.15) is 11.9 Å². The highest BCUT2D eigenvalue weighted by Crippen LogP contribution is 2.45. The first kappa shape index (κ1) is 10.6. The Kier molecular flexibility index (Phi) is 2.51. The van der Waals surface area contributed by atoms with Gasteiger partial charge in [-0.15, -0.1) is 0 Å². The number of nitrogens with zero attached hydrogens (tertiary/aromatic N) is 2. The fourth-order valence-corrected chi connectivity index (χ4v) is 2.50. The van der Waals surface area contributed by atoms with Crippen LogP contribution in [-0.2, 0) is 0 Å². The van der Waals surface area contributed by atoms with Crippen molar-refractivity contribution in [3.63, 3.8) is 0 Å². The van der Waals surface area contributed by atoms with Crippen LogP contribution in [0.2, 0.25) is 0 Å². The van der Waals surface area contributed by atoms with Gasteiger partial charge in [0, 0.05) is 12.2 Å². The van der Waals surface area contributed by atoms with Gasteiger partial charge in [0.25, 0.3) is 0 Å². The molecule has 3 rings (SSSR count). The predicted octanol–water partition coefficient (Wildman–Crippen LogP) is 2.86. The number of nitriles is 1. The molecule has 0 saturated heterocycles. The van der Waals surface area contributed by atoms with E-state index in [0.717, 1.165) is 23.2 Å². The summed E-state index contributed by atoms with van der Waals surface area (Å²) in [5.74, 6) is 2.42. The molecule has 0 aromatic carbocycles. The van der Waals surface area contributed by atoms with Crippen LogP contribution in [0.15, 0.2) is 12.3 Å². The number of hydrogen-bond donors (Lipinski definition) is 1. The summed E-state index contributed by atoms with van der Waals surface area (Å²) in [6.07, 6.45) is 7.13. The van der Waals surface area contributed by atoms with Crippen molar-refractivity contribution >= 4 is 5.82 Å². The van der Waals surface area contributed by atoms with Crippen LogP contribution in [0, 0.1) is 30.1 Å². The Morgan fingerprint density at radius 1 is 1.35 bits per heavy atom. The summed E-state index contributed by atoms with van der Waals surface area (Å²) in [6, 6.07) is 4.71. The van der Waals surface area contributed by atoms with Crippen molar-refractivity contribution < 1.29 is 0 Å². The van der Waals surface area contributed by atoms with Crippen molar-refractivity contribution in [2.75, 3.05) is 5.32 Å². The monoisotopic (exact) mass is 227 g/mol. The molecule has 0 amide bonds. The molecule has 3 heteroatoms. The van der Waals surface area contributed by atoms with Gasteiger partial charge < -0.3 is 5.32 Å². The van der Waals surface area contributed by atoms with Crippen LogP contribution in [-0.4, -0.2) is 11.0 Å². The second-order valence-electron chi connectivity index (χ2n) is 5.31. The first-order valence-electron chi connectivity index (χ1n) is 6.42. The zero-order chi connectivity index (χ0) is 11.8. The van der Waals surface area contributed by atoms with Crippen molar-refractivity contribution in [1.29, 1.82) is 5.26 Å². The Morgan fingerprint density at radius 3 is 2.53 bits per heavy atom. The van der Waals surface area contributed by atoms with Crippen LogP contribution in [0.4, 0.5) is 5.82 Å². The minimum atomic E-state index is 0.552. The van der Waals surface area contributed by atoms with E-state index in [9.17, 15) is 5.26 Å². The summed E-state index contributed by atoms with van der Waals surface area (Å²) in [5.41, 5.74) is 1.72. The molecule has 0 atom stereocenters. The van der Waals surface area contributed by atoms with Gasteiger partial charge in [-0.05, 0) is 56.1 Å². The molecule has 0 radical (unpaired) electrons. The van der Waals surface area contributed by atoms with Gasteiger partial charge in [-0.3, -0.25) is 0 Å². The lowest BCUT2D eigenvalue weighted by atomic mass is 10.1. The Morgan fingerprint density at radius 2 is 2.00 bits per heavy atom. The molecule has 0 unspecified atom stereocenters. The van der Waals surface area contributed by atoms with Crippen LogP contribution in [0.3, 0.4) is 0 Å². The Hall–Kier alpha value is -1.56. The minimum Gasteiger partial charge on any atom is -0.366 e. The number of hydrogen-bond acceptors (Lipinski definition) is 3. The van der Waals surface area contributed by atoms with E-state index in [4.69, 9.17) is 0 Å². The van der Waals surface area contributed by atoms with E-state index < -0.39 is 0 Å². The molecule has 2 saturated carbocycles. The zero-order valence-electron chi connectivity index (χ0n) is 10.1. The molecule has 0 bridgehead atoms. The molecule has 2 aliphatic rings. The van der Waals surface area contributed by atoms with Crippen molar-refractivity contribution in [2.45, 2.75) is 38.6 Å². The summed E-state index contributed by atoms with van der Waals surface area (Å²) < 4.78 is 0. The number of anilines is 1. The van der Waals surface area contributed by atoms with Gasteiger partial charge >= 0.3 is 0 Å². The molecule has 1 aromatic heterocycles. The molecule has 0 aliphatic heterocycles. The smallest absolute Gasteiger partial charge is 0.144 e. The number of aromatic nitrogens is 1. The third-order valence-corrected chi connectivity index (χ3v) is 3.83. The van der Waals surface area contributed by atoms with E-state index in [1.165, 1.54) is 25.7 Å². The lowest BCUT2D eigenvalue weighted by molar-refractivity contribution is 0.565. The van der Waals surface area contributed by atoms with E-state index in [2.05, 4.69) is 16.4 Å². The maximum Gasteiger partial charge on any atom is 0.144 e. The normalized spacial score (nSPS) is 19.1. The van der Waals surface area contributed by atoms with Gasteiger partial charge in [0.15, 0.2) is 0 Å². The van der Waals surface area contributed by atoms with E-state index in [0.29, 0.717) is 11.6 Å². The summed E-state index contributed by atoms with van der Waals surface area (Å²) in [5, 5.41) is 12.7. The fraction of sp³-hybridized carbons (Fsp3) is 0.571. The average Bonchev–Trinajstić information content (AvgIpc) is 3.16. The van der Waals surface area contributed by atoms with Crippen LogP contribution in [0.1, 0.15) is 36.8 Å². The molecule has 3 nitrogen and oxygen atoms in total. The van der Waals surface area contributed by atoms with Crippen LogP contribution < -0.4 is 5.32 Å².